The maximum absolute atomic E-state index is 8.59. The summed E-state index contributed by atoms with van der Waals surface area (Å²) in [5.74, 6) is 2.16. The fourth-order valence-electron chi connectivity index (χ4n) is 0. The van der Waals surface area contributed by atoms with Gasteiger partial charge in [-0.05, 0) is 13.8 Å². The molecule has 0 spiro atoms. The van der Waals surface area contributed by atoms with Crippen molar-refractivity contribution >= 4 is 29.6 Å². The summed E-state index contributed by atoms with van der Waals surface area (Å²) < 4.78 is 0. The van der Waals surface area contributed by atoms with Gasteiger partial charge in [-0.15, -0.1) is 6.42 Å². The van der Waals surface area contributed by atoms with Crippen molar-refractivity contribution in [2.24, 2.45) is 0 Å². The second-order valence-electron chi connectivity index (χ2n) is 1.70. The summed E-state index contributed by atoms with van der Waals surface area (Å²) in [4.78, 5) is 0. The molecule has 35 valence electrons. The molecule has 0 aliphatic carbocycles. The zero-order valence-corrected chi connectivity index (χ0v) is 7.02. The molecule has 0 saturated carbocycles. The Labute approximate surface area is 66.4 Å². The second-order valence-corrected chi connectivity index (χ2v) is 1.70. The summed E-state index contributed by atoms with van der Waals surface area (Å²) >= 11 is 0. The molecule has 0 bridgehead atoms. The zero-order valence-electron chi connectivity index (χ0n) is 5.02. The maximum Gasteiger partial charge on any atom is 0.119 e. The van der Waals surface area contributed by atoms with Crippen LogP contribution in [0.3, 0.4) is 0 Å². The van der Waals surface area contributed by atoms with Crippen LogP contribution < -0.4 is 0 Å². The Hall–Kier alpha value is 0.520. The molecule has 0 rings (SSSR count). The number of terminal acetylenes is 1. The van der Waals surface area contributed by atoms with Gasteiger partial charge in [0, 0.05) is 29.6 Å². The van der Waals surface area contributed by atoms with E-state index in [1.165, 1.54) is 0 Å². The van der Waals surface area contributed by atoms with Gasteiger partial charge in [0.1, 0.15) is 5.60 Å². The monoisotopic (exact) mass is 107 g/mol. The second kappa shape index (κ2) is 3.51. The van der Waals surface area contributed by atoms with E-state index >= 15 is 0 Å². The van der Waals surface area contributed by atoms with Gasteiger partial charge in [0.15, 0.2) is 0 Å². The molecule has 7 heavy (non-hydrogen) atoms. The van der Waals surface area contributed by atoms with Gasteiger partial charge < -0.3 is 5.11 Å². The fourth-order valence-corrected chi connectivity index (χ4v) is 0. The van der Waals surface area contributed by atoms with E-state index in [4.69, 9.17) is 11.5 Å². The van der Waals surface area contributed by atoms with Gasteiger partial charge in [-0.2, -0.15) is 0 Å². The molecule has 0 heterocycles. The summed E-state index contributed by atoms with van der Waals surface area (Å²) in [6.07, 6.45) is 4.81. The van der Waals surface area contributed by atoms with Crippen LogP contribution in [-0.2, 0) is 0 Å². The summed E-state index contributed by atoms with van der Waals surface area (Å²) in [6, 6.07) is 0. The third-order valence-corrected chi connectivity index (χ3v) is 0.353. The Morgan fingerprint density at radius 2 is 1.71 bits per heavy atom. The molecule has 2 heteroatoms. The van der Waals surface area contributed by atoms with E-state index in [0.29, 0.717) is 0 Å². The van der Waals surface area contributed by atoms with E-state index in [1.54, 1.807) is 13.8 Å². The third-order valence-electron chi connectivity index (χ3n) is 0.353. The van der Waals surface area contributed by atoms with E-state index in [2.05, 4.69) is 5.92 Å². The molecule has 0 fully saturated rings. The molecule has 0 aliphatic rings. The van der Waals surface area contributed by atoms with Crippen LogP contribution in [0, 0.1) is 12.3 Å². The number of rotatable bonds is 0. The van der Waals surface area contributed by atoms with E-state index in [-0.39, 0.29) is 29.6 Å². The quantitative estimate of drug-likeness (QED) is 0.341. The van der Waals surface area contributed by atoms with Crippen LogP contribution in [0.2, 0.25) is 0 Å². The van der Waals surface area contributed by atoms with Gasteiger partial charge in [-0.1, -0.05) is 5.92 Å². The maximum atomic E-state index is 8.59. The number of aliphatic hydroxyl groups is 1. The minimum atomic E-state index is -0.931. The van der Waals surface area contributed by atoms with Gasteiger partial charge in [0.05, 0.1) is 0 Å². The molecule has 0 unspecified atom stereocenters. The Balaban J connectivity index is 0. The minimum Gasteiger partial charge on any atom is -0.378 e. The van der Waals surface area contributed by atoms with Crippen molar-refractivity contribution in [2.45, 2.75) is 19.4 Å². The average molecular weight is 107 g/mol. The Bertz CT molecular complexity index is 75.1. The van der Waals surface area contributed by atoms with E-state index < -0.39 is 5.60 Å². The topological polar surface area (TPSA) is 20.2 Å². The summed E-state index contributed by atoms with van der Waals surface area (Å²) in [5.41, 5.74) is -0.931. The van der Waals surface area contributed by atoms with Crippen LogP contribution in [0.15, 0.2) is 0 Å². The largest absolute Gasteiger partial charge is 0.378 e. The molecule has 1 radical (unpaired) electrons. The third kappa shape index (κ3) is 10.8. The van der Waals surface area contributed by atoms with E-state index in [0.717, 1.165) is 0 Å². The molecule has 0 saturated heterocycles. The first kappa shape index (κ1) is 10.5. The van der Waals surface area contributed by atoms with Crippen LogP contribution in [0.5, 0.6) is 0 Å². The van der Waals surface area contributed by atoms with Crippen molar-refractivity contribution in [1.29, 1.82) is 0 Å². The van der Waals surface area contributed by atoms with Crippen LogP contribution >= 0.6 is 0 Å². The molecular formula is C5H8NaO. The Morgan fingerprint density at radius 1 is 1.57 bits per heavy atom. The van der Waals surface area contributed by atoms with Crippen LogP contribution in [0.25, 0.3) is 0 Å². The molecular weight excluding hydrogens is 99.0 g/mol. The van der Waals surface area contributed by atoms with Crippen LogP contribution in [-0.4, -0.2) is 40.3 Å². The Morgan fingerprint density at radius 3 is 1.71 bits per heavy atom. The zero-order chi connectivity index (χ0) is 5.21. The van der Waals surface area contributed by atoms with E-state index in [9.17, 15) is 0 Å². The predicted octanol–water partition coefficient (Wildman–Crippen LogP) is 0.00970. The molecule has 0 aromatic heterocycles. The summed E-state index contributed by atoms with van der Waals surface area (Å²) in [5, 5.41) is 8.59. The molecule has 1 nitrogen and oxygen atoms in total. The summed E-state index contributed by atoms with van der Waals surface area (Å²) in [7, 11) is 0. The van der Waals surface area contributed by atoms with E-state index in [1.807, 2.05) is 0 Å². The fraction of sp³-hybridized carbons (Fsp3) is 0.600. The van der Waals surface area contributed by atoms with Gasteiger partial charge in [0.25, 0.3) is 0 Å². The van der Waals surface area contributed by atoms with Crippen molar-refractivity contribution < 1.29 is 5.11 Å². The molecule has 0 aliphatic heterocycles. The van der Waals surface area contributed by atoms with Crippen molar-refractivity contribution in [1.82, 2.24) is 0 Å². The van der Waals surface area contributed by atoms with Crippen molar-refractivity contribution in [3.05, 3.63) is 0 Å². The van der Waals surface area contributed by atoms with Crippen molar-refractivity contribution in [3.8, 4) is 12.3 Å². The number of hydrogen-bond acceptors (Lipinski definition) is 1. The van der Waals surface area contributed by atoms with Crippen molar-refractivity contribution in [2.75, 3.05) is 0 Å². The SMILES string of the molecule is C#CC(C)(C)O.[Na]. The van der Waals surface area contributed by atoms with Gasteiger partial charge >= 0.3 is 0 Å². The first-order valence-electron chi connectivity index (χ1n) is 1.76. The number of hydrogen-bond donors (Lipinski definition) is 1. The summed E-state index contributed by atoms with van der Waals surface area (Å²) in [6.45, 7) is 3.12. The minimum absolute atomic E-state index is 0. The average Bonchev–Trinajstić information content (AvgIpc) is 1.35. The molecule has 0 amide bonds. The molecule has 0 atom stereocenters. The first-order valence-corrected chi connectivity index (χ1v) is 1.76. The van der Waals surface area contributed by atoms with Gasteiger partial charge in [0.2, 0.25) is 0 Å². The molecule has 0 aromatic carbocycles. The van der Waals surface area contributed by atoms with Crippen molar-refractivity contribution in [3.63, 3.8) is 0 Å². The van der Waals surface area contributed by atoms with Gasteiger partial charge in [-0.3, -0.25) is 0 Å². The molecule has 0 aromatic rings. The molecule has 1 N–H and O–H groups in total. The Kier molecular flexibility index (Phi) is 5.27. The normalized spacial score (nSPS) is 8.86. The standard InChI is InChI=1S/C5H8O.Na/c1-4-5(2,3)6;/h1,6H,2-3H3;. The first-order chi connectivity index (χ1) is 2.56. The van der Waals surface area contributed by atoms with Gasteiger partial charge in [-0.25, -0.2) is 0 Å². The van der Waals surface area contributed by atoms with Crippen LogP contribution in [0.4, 0.5) is 0 Å². The smallest absolute Gasteiger partial charge is 0.119 e. The predicted molar refractivity (Wildman–Crippen MR) is 30.9 cm³/mol. The van der Waals surface area contributed by atoms with Crippen LogP contribution in [0.1, 0.15) is 13.8 Å².